The predicted molar refractivity (Wildman–Crippen MR) is 101 cm³/mol. The van der Waals surface area contributed by atoms with Gasteiger partial charge in [0.05, 0.1) is 0 Å². The van der Waals surface area contributed by atoms with Crippen LogP contribution < -0.4 is 5.32 Å². The SMILES string of the molecule is O=C(NCc1cccc(CN2CCCCC2)c1)c1ccc(Br)cc1. The highest BCUT2D eigenvalue weighted by Gasteiger charge is 2.11. The molecular weight excluding hydrogens is 364 g/mol. The lowest BCUT2D eigenvalue weighted by Gasteiger charge is -2.26. The fraction of sp³-hybridized carbons (Fsp3) is 0.350. The van der Waals surface area contributed by atoms with Gasteiger partial charge in [-0.3, -0.25) is 9.69 Å². The Bertz CT molecular complexity index is 678. The van der Waals surface area contributed by atoms with E-state index < -0.39 is 0 Å². The van der Waals surface area contributed by atoms with Crippen molar-refractivity contribution in [1.29, 1.82) is 0 Å². The van der Waals surface area contributed by atoms with E-state index in [9.17, 15) is 4.79 Å². The summed E-state index contributed by atoms with van der Waals surface area (Å²) in [6.07, 6.45) is 3.98. The second-order valence-electron chi connectivity index (χ2n) is 6.35. The molecule has 1 heterocycles. The summed E-state index contributed by atoms with van der Waals surface area (Å²) in [6, 6.07) is 16.0. The first kappa shape index (κ1) is 17.2. The maximum Gasteiger partial charge on any atom is 0.251 e. The third-order valence-corrected chi connectivity index (χ3v) is 4.93. The molecule has 2 aromatic rings. The Morgan fingerprint density at radius 3 is 2.46 bits per heavy atom. The van der Waals surface area contributed by atoms with Crippen LogP contribution in [0, 0.1) is 0 Å². The van der Waals surface area contributed by atoms with Crippen molar-refractivity contribution >= 4 is 21.8 Å². The van der Waals surface area contributed by atoms with E-state index in [-0.39, 0.29) is 5.91 Å². The van der Waals surface area contributed by atoms with E-state index >= 15 is 0 Å². The van der Waals surface area contributed by atoms with Crippen molar-refractivity contribution in [1.82, 2.24) is 10.2 Å². The highest BCUT2D eigenvalue weighted by molar-refractivity contribution is 9.10. The van der Waals surface area contributed by atoms with Crippen LogP contribution in [-0.2, 0) is 13.1 Å². The topological polar surface area (TPSA) is 32.3 Å². The zero-order valence-electron chi connectivity index (χ0n) is 13.8. The zero-order valence-corrected chi connectivity index (χ0v) is 15.4. The van der Waals surface area contributed by atoms with Crippen molar-refractivity contribution in [3.05, 3.63) is 69.7 Å². The Kier molecular flexibility index (Phi) is 6.05. The first-order chi connectivity index (χ1) is 11.7. The van der Waals surface area contributed by atoms with Gasteiger partial charge in [-0.1, -0.05) is 46.6 Å². The predicted octanol–water partition coefficient (Wildman–Crippen LogP) is 4.37. The zero-order chi connectivity index (χ0) is 16.8. The van der Waals surface area contributed by atoms with Crippen molar-refractivity contribution in [3.63, 3.8) is 0 Å². The molecule has 0 saturated carbocycles. The Hall–Kier alpha value is -1.65. The molecule has 1 saturated heterocycles. The maximum absolute atomic E-state index is 12.2. The van der Waals surface area contributed by atoms with Gasteiger partial charge in [0.25, 0.3) is 5.91 Å². The van der Waals surface area contributed by atoms with Gasteiger partial charge < -0.3 is 5.32 Å². The Labute approximate surface area is 152 Å². The third-order valence-electron chi connectivity index (χ3n) is 4.41. The first-order valence-corrected chi connectivity index (χ1v) is 9.34. The fourth-order valence-electron chi connectivity index (χ4n) is 3.10. The molecule has 126 valence electrons. The van der Waals surface area contributed by atoms with Crippen LogP contribution in [0.3, 0.4) is 0 Å². The molecule has 3 nitrogen and oxygen atoms in total. The second kappa shape index (κ2) is 8.45. The number of hydrogen-bond acceptors (Lipinski definition) is 2. The monoisotopic (exact) mass is 386 g/mol. The lowest BCUT2D eigenvalue weighted by atomic mass is 10.1. The molecule has 3 rings (SSSR count). The van der Waals surface area contributed by atoms with E-state index in [2.05, 4.69) is 50.4 Å². The van der Waals surface area contributed by atoms with Crippen molar-refractivity contribution in [2.75, 3.05) is 13.1 Å². The second-order valence-corrected chi connectivity index (χ2v) is 7.26. The van der Waals surface area contributed by atoms with Gasteiger partial charge in [0.2, 0.25) is 0 Å². The number of likely N-dealkylation sites (tertiary alicyclic amines) is 1. The molecule has 4 heteroatoms. The first-order valence-electron chi connectivity index (χ1n) is 8.55. The average Bonchev–Trinajstić information content (AvgIpc) is 2.61. The van der Waals surface area contributed by atoms with Crippen LogP contribution in [0.4, 0.5) is 0 Å². The van der Waals surface area contributed by atoms with E-state index in [1.165, 1.54) is 37.9 Å². The molecule has 0 aliphatic carbocycles. The Morgan fingerprint density at radius 1 is 1.00 bits per heavy atom. The molecule has 1 fully saturated rings. The van der Waals surface area contributed by atoms with Crippen LogP contribution in [0.25, 0.3) is 0 Å². The smallest absolute Gasteiger partial charge is 0.251 e. The van der Waals surface area contributed by atoms with Gasteiger partial charge in [0.15, 0.2) is 0 Å². The fourth-order valence-corrected chi connectivity index (χ4v) is 3.36. The molecule has 0 aromatic heterocycles. The molecule has 0 unspecified atom stereocenters. The van der Waals surface area contributed by atoms with Crippen LogP contribution in [0.1, 0.15) is 40.7 Å². The summed E-state index contributed by atoms with van der Waals surface area (Å²) in [5.41, 5.74) is 3.16. The van der Waals surface area contributed by atoms with Crippen LogP contribution in [0.15, 0.2) is 53.0 Å². The van der Waals surface area contributed by atoms with E-state index in [1.807, 2.05) is 24.3 Å². The van der Waals surface area contributed by atoms with Gasteiger partial charge >= 0.3 is 0 Å². The van der Waals surface area contributed by atoms with E-state index in [0.29, 0.717) is 12.1 Å². The standard InChI is InChI=1S/C20H23BrN2O/c21-19-9-7-18(8-10-19)20(24)22-14-16-5-4-6-17(13-16)15-23-11-2-1-3-12-23/h4-10,13H,1-3,11-12,14-15H2,(H,22,24). The van der Waals surface area contributed by atoms with Crippen molar-refractivity contribution in [2.24, 2.45) is 0 Å². The van der Waals surface area contributed by atoms with Gasteiger partial charge in [0.1, 0.15) is 0 Å². The molecule has 1 aliphatic rings. The van der Waals surface area contributed by atoms with Gasteiger partial charge in [-0.15, -0.1) is 0 Å². The summed E-state index contributed by atoms with van der Waals surface area (Å²) in [5.74, 6) is -0.0380. The van der Waals surface area contributed by atoms with Crippen LogP contribution in [0.2, 0.25) is 0 Å². The Morgan fingerprint density at radius 2 is 1.71 bits per heavy atom. The van der Waals surface area contributed by atoms with Crippen LogP contribution >= 0.6 is 15.9 Å². The molecule has 24 heavy (non-hydrogen) atoms. The number of piperidine rings is 1. The number of amides is 1. The minimum absolute atomic E-state index is 0.0380. The summed E-state index contributed by atoms with van der Waals surface area (Å²) in [4.78, 5) is 14.7. The summed E-state index contributed by atoms with van der Waals surface area (Å²) in [7, 11) is 0. The molecule has 0 bridgehead atoms. The van der Waals surface area contributed by atoms with Crippen molar-refractivity contribution in [2.45, 2.75) is 32.4 Å². The van der Waals surface area contributed by atoms with Gasteiger partial charge in [-0.25, -0.2) is 0 Å². The summed E-state index contributed by atoms with van der Waals surface area (Å²) < 4.78 is 0.976. The van der Waals surface area contributed by atoms with Gasteiger partial charge in [-0.2, -0.15) is 0 Å². The molecule has 1 N–H and O–H groups in total. The number of halogens is 1. The van der Waals surface area contributed by atoms with Crippen molar-refractivity contribution < 1.29 is 4.79 Å². The molecule has 0 radical (unpaired) electrons. The Balaban J connectivity index is 1.56. The van der Waals surface area contributed by atoms with E-state index in [1.54, 1.807) is 0 Å². The maximum atomic E-state index is 12.2. The number of hydrogen-bond donors (Lipinski definition) is 1. The minimum Gasteiger partial charge on any atom is -0.348 e. The number of nitrogens with zero attached hydrogens (tertiary/aromatic N) is 1. The summed E-state index contributed by atoms with van der Waals surface area (Å²) in [6.45, 7) is 3.96. The van der Waals surface area contributed by atoms with Crippen molar-refractivity contribution in [3.8, 4) is 0 Å². The van der Waals surface area contributed by atoms with Gasteiger partial charge in [-0.05, 0) is 61.3 Å². The highest BCUT2D eigenvalue weighted by atomic mass is 79.9. The number of benzene rings is 2. The summed E-state index contributed by atoms with van der Waals surface area (Å²) >= 11 is 3.38. The third kappa shape index (κ3) is 4.92. The number of carbonyl (C=O) groups excluding carboxylic acids is 1. The average molecular weight is 387 g/mol. The largest absolute Gasteiger partial charge is 0.348 e. The molecule has 2 aromatic carbocycles. The van der Waals surface area contributed by atoms with Crippen LogP contribution in [0.5, 0.6) is 0 Å². The molecule has 1 amide bonds. The van der Waals surface area contributed by atoms with Gasteiger partial charge in [0, 0.05) is 23.1 Å². The number of nitrogens with one attached hydrogen (secondary N) is 1. The van der Waals surface area contributed by atoms with E-state index in [0.717, 1.165) is 16.6 Å². The molecular formula is C20H23BrN2O. The minimum atomic E-state index is -0.0380. The lowest BCUT2D eigenvalue weighted by Crippen LogP contribution is -2.29. The summed E-state index contributed by atoms with van der Waals surface area (Å²) in [5, 5.41) is 3.00. The molecule has 1 aliphatic heterocycles. The quantitative estimate of drug-likeness (QED) is 0.827. The lowest BCUT2D eigenvalue weighted by molar-refractivity contribution is 0.0951. The number of rotatable bonds is 5. The normalized spacial score (nSPS) is 15.2. The van der Waals surface area contributed by atoms with E-state index in [4.69, 9.17) is 0 Å². The number of carbonyl (C=O) groups is 1. The molecule has 0 atom stereocenters. The molecule has 0 spiro atoms. The van der Waals surface area contributed by atoms with Crippen LogP contribution in [-0.4, -0.2) is 23.9 Å². The highest BCUT2D eigenvalue weighted by Crippen LogP contribution is 2.14.